The molecule has 8 nitrogen and oxygen atoms in total. The molecule has 0 spiro atoms. The fraction of sp³-hybridized carbons (Fsp3) is 0.238. The van der Waals surface area contributed by atoms with Crippen molar-refractivity contribution in [1.82, 2.24) is 10.0 Å². The lowest BCUT2D eigenvalue weighted by Crippen LogP contribution is -2.32. The van der Waals surface area contributed by atoms with E-state index in [1.165, 1.54) is 12.2 Å². The molecule has 2 N–H and O–H groups in total. The van der Waals surface area contributed by atoms with E-state index in [1.807, 2.05) is 42.5 Å². The Balaban J connectivity index is 2.33. The van der Waals surface area contributed by atoms with Gasteiger partial charge in [0.05, 0.1) is 7.11 Å². The van der Waals surface area contributed by atoms with Gasteiger partial charge in [0.1, 0.15) is 0 Å². The van der Waals surface area contributed by atoms with Crippen LogP contribution in [0.4, 0.5) is 5.69 Å². The van der Waals surface area contributed by atoms with Gasteiger partial charge in [-0.25, -0.2) is 5.06 Å². The first-order valence-electron chi connectivity index (χ1n) is 8.99. The topological polar surface area (TPSA) is 111 Å². The highest BCUT2D eigenvalue weighted by Crippen LogP contribution is 2.26. The minimum Gasteiger partial charge on any atom is -0.481 e. The van der Waals surface area contributed by atoms with E-state index in [9.17, 15) is 4.79 Å². The summed E-state index contributed by atoms with van der Waals surface area (Å²) in [5.41, 5.74) is 3.53. The molecule has 0 fully saturated rings. The second-order valence-corrected chi connectivity index (χ2v) is 6.07. The predicted molar refractivity (Wildman–Crippen MR) is 111 cm³/mol. The molecule has 0 aliphatic rings. The standard InChI is InChI=1S/C21H23N5O3/c1-26(29-2)21(24-15-22)25-18-9-5-7-16(13-18)19(10-3-4-11-20(27)28)17-8-6-12-23-14-17/h5-10,12-14H,3-4,11H2,1-2H3,(H,24,25)(H,27,28)/b19-10+. The van der Waals surface area contributed by atoms with Crippen molar-refractivity contribution in [3.8, 4) is 6.19 Å². The quantitative estimate of drug-likeness (QED) is 0.232. The zero-order valence-corrected chi connectivity index (χ0v) is 16.4. The van der Waals surface area contributed by atoms with E-state index in [1.54, 1.807) is 25.6 Å². The SMILES string of the molecule is CON(C)/C(=N/C#N)Nc1cccc(/C(=C\CCCC(=O)O)c2cccnc2)c1. The number of hydrogen-bond donors (Lipinski definition) is 2. The van der Waals surface area contributed by atoms with Crippen LogP contribution in [0, 0.1) is 11.5 Å². The van der Waals surface area contributed by atoms with Crippen LogP contribution in [0.1, 0.15) is 30.4 Å². The molecule has 0 bridgehead atoms. The number of carboxylic acid groups (broad SMARTS) is 1. The maximum absolute atomic E-state index is 10.8. The summed E-state index contributed by atoms with van der Waals surface area (Å²) in [6.45, 7) is 0. The Morgan fingerprint density at radius 3 is 2.83 bits per heavy atom. The molecule has 29 heavy (non-hydrogen) atoms. The number of benzene rings is 1. The number of unbranched alkanes of at least 4 members (excludes halogenated alkanes) is 1. The Hall–Kier alpha value is -3.70. The maximum Gasteiger partial charge on any atom is 0.303 e. The van der Waals surface area contributed by atoms with Gasteiger partial charge in [-0.15, -0.1) is 4.99 Å². The summed E-state index contributed by atoms with van der Waals surface area (Å²) in [6, 6.07) is 11.4. The fourth-order valence-corrected chi connectivity index (χ4v) is 2.63. The first kappa shape index (κ1) is 21.6. The van der Waals surface area contributed by atoms with E-state index in [2.05, 4.69) is 15.3 Å². The Morgan fingerprint density at radius 1 is 1.38 bits per heavy atom. The highest BCUT2D eigenvalue weighted by molar-refractivity contribution is 5.94. The van der Waals surface area contributed by atoms with E-state index < -0.39 is 5.97 Å². The number of nitrogens with zero attached hydrogens (tertiary/aromatic N) is 4. The molecule has 0 saturated carbocycles. The Bertz CT molecular complexity index is 919. The summed E-state index contributed by atoms with van der Waals surface area (Å²) in [4.78, 5) is 23.8. The van der Waals surface area contributed by atoms with Crippen LogP contribution in [0.25, 0.3) is 5.57 Å². The molecule has 0 saturated heterocycles. The zero-order valence-electron chi connectivity index (χ0n) is 16.4. The van der Waals surface area contributed by atoms with Crippen LogP contribution in [0.15, 0.2) is 59.9 Å². The van der Waals surface area contributed by atoms with Crippen LogP contribution >= 0.6 is 0 Å². The summed E-state index contributed by atoms with van der Waals surface area (Å²) in [6.07, 6.45) is 8.53. The highest BCUT2D eigenvalue weighted by atomic mass is 16.7. The number of aromatic nitrogens is 1. The second-order valence-electron chi connectivity index (χ2n) is 6.07. The number of nitriles is 1. The molecule has 0 radical (unpaired) electrons. The minimum atomic E-state index is -0.806. The number of guanidine groups is 1. The van der Waals surface area contributed by atoms with Crippen LogP contribution in [-0.2, 0) is 9.63 Å². The van der Waals surface area contributed by atoms with Crippen molar-refractivity contribution in [2.75, 3.05) is 19.5 Å². The third-order valence-corrected chi connectivity index (χ3v) is 4.07. The summed E-state index contributed by atoms with van der Waals surface area (Å²) in [7, 11) is 3.11. The van der Waals surface area contributed by atoms with Crippen molar-refractivity contribution in [1.29, 1.82) is 5.26 Å². The number of hydrogen-bond acceptors (Lipinski definition) is 5. The lowest BCUT2D eigenvalue weighted by molar-refractivity contribution is -0.137. The molecular weight excluding hydrogens is 370 g/mol. The second kappa shape index (κ2) is 11.2. The number of anilines is 1. The van der Waals surface area contributed by atoms with Gasteiger partial charge in [0.2, 0.25) is 12.2 Å². The Morgan fingerprint density at radius 2 is 2.17 bits per heavy atom. The molecule has 0 atom stereocenters. The van der Waals surface area contributed by atoms with E-state index in [-0.39, 0.29) is 12.4 Å². The molecule has 1 heterocycles. The number of rotatable bonds is 8. The maximum atomic E-state index is 10.8. The van der Waals surface area contributed by atoms with Crippen molar-refractivity contribution in [3.63, 3.8) is 0 Å². The molecule has 2 rings (SSSR count). The largest absolute Gasteiger partial charge is 0.481 e. The summed E-state index contributed by atoms with van der Waals surface area (Å²) in [5, 5.41) is 22.2. The number of nitrogens with one attached hydrogen (secondary N) is 1. The predicted octanol–water partition coefficient (Wildman–Crippen LogP) is 3.51. The average Bonchev–Trinajstić information content (AvgIpc) is 2.73. The molecule has 1 aromatic carbocycles. The van der Waals surface area contributed by atoms with Crippen molar-refractivity contribution >= 4 is 23.2 Å². The Kier molecular flexibility index (Phi) is 8.35. The first-order chi connectivity index (χ1) is 14.0. The normalized spacial score (nSPS) is 11.6. The summed E-state index contributed by atoms with van der Waals surface area (Å²) in [5.74, 6) is -0.556. The number of carboxylic acids is 1. The van der Waals surface area contributed by atoms with Crippen LogP contribution < -0.4 is 5.32 Å². The van der Waals surface area contributed by atoms with E-state index >= 15 is 0 Å². The molecule has 2 aromatic rings. The van der Waals surface area contributed by atoms with Crippen LogP contribution in [0.2, 0.25) is 0 Å². The number of aliphatic imine (C=N–C) groups is 1. The van der Waals surface area contributed by atoms with Crippen molar-refractivity contribution in [3.05, 3.63) is 66.0 Å². The van der Waals surface area contributed by atoms with E-state index in [0.717, 1.165) is 22.4 Å². The number of hydroxylamine groups is 2. The van der Waals surface area contributed by atoms with Gasteiger partial charge in [-0.1, -0.05) is 24.3 Å². The van der Waals surface area contributed by atoms with Gasteiger partial charge >= 0.3 is 5.97 Å². The van der Waals surface area contributed by atoms with Gasteiger partial charge in [-0.3, -0.25) is 14.6 Å². The van der Waals surface area contributed by atoms with Crippen LogP contribution in [-0.4, -0.2) is 41.2 Å². The van der Waals surface area contributed by atoms with E-state index in [0.29, 0.717) is 12.8 Å². The Labute approximate surface area is 169 Å². The molecule has 0 amide bonds. The number of aliphatic carboxylic acids is 1. The average molecular weight is 393 g/mol. The van der Waals surface area contributed by atoms with E-state index in [4.69, 9.17) is 15.2 Å². The smallest absolute Gasteiger partial charge is 0.303 e. The molecule has 0 unspecified atom stereocenters. The number of allylic oxidation sites excluding steroid dienone is 1. The fourth-order valence-electron chi connectivity index (χ4n) is 2.63. The summed E-state index contributed by atoms with van der Waals surface area (Å²) < 4.78 is 0. The highest BCUT2D eigenvalue weighted by Gasteiger charge is 2.10. The summed E-state index contributed by atoms with van der Waals surface area (Å²) >= 11 is 0. The van der Waals surface area contributed by atoms with Gasteiger partial charge in [-0.05, 0) is 42.2 Å². The van der Waals surface area contributed by atoms with Gasteiger partial charge in [-0.2, -0.15) is 5.26 Å². The molecule has 0 aliphatic heterocycles. The molecular formula is C21H23N5O3. The van der Waals surface area contributed by atoms with Crippen LogP contribution in [0.5, 0.6) is 0 Å². The van der Waals surface area contributed by atoms with Crippen molar-refractivity contribution < 1.29 is 14.7 Å². The zero-order chi connectivity index (χ0) is 21.1. The molecule has 8 heteroatoms. The monoisotopic (exact) mass is 393 g/mol. The minimum absolute atomic E-state index is 0.121. The van der Waals surface area contributed by atoms with Gasteiger partial charge in [0, 0.05) is 37.1 Å². The lowest BCUT2D eigenvalue weighted by atomic mass is 9.97. The third kappa shape index (κ3) is 6.75. The van der Waals surface area contributed by atoms with Crippen molar-refractivity contribution in [2.45, 2.75) is 19.3 Å². The molecule has 0 aliphatic carbocycles. The lowest BCUT2D eigenvalue weighted by Gasteiger charge is -2.19. The van der Waals surface area contributed by atoms with Gasteiger partial charge in [0.15, 0.2) is 0 Å². The van der Waals surface area contributed by atoms with Crippen molar-refractivity contribution in [2.24, 2.45) is 4.99 Å². The van der Waals surface area contributed by atoms with Gasteiger partial charge < -0.3 is 10.4 Å². The number of carbonyl (C=O) groups is 1. The molecule has 150 valence electrons. The third-order valence-electron chi connectivity index (χ3n) is 4.07. The molecule has 1 aromatic heterocycles. The number of pyridine rings is 1. The van der Waals surface area contributed by atoms with Gasteiger partial charge in [0.25, 0.3) is 0 Å². The van der Waals surface area contributed by atoms with Crippen LogP contribution in [0.3, 0.4) is 0 Å². The first-order valence-corrected chi connectivity index (χ1v) is 8.99.